The molecule has 5 heteroatoms. The Morgan fingerprint density at radius 2 is 2.05 bits per heavy atom. The van der Waals surface area contributed by atoms with Crippen molar-refractivity contribution in [3.63, 3.8) is 0 Å². The normalized spacial score (nSPS) is 12.8. The first-order valence-electron chi connectivity index (χ1n) is 6.21. The molecule has 0 saturated carbocycles. The van der Waals surface area contributed by atoms with E-state index in [2.05, 4.69) is 4.98 Å². The van der Waals surface area contributed by atoms with Crippen LogP contribution in [0.2, 0.25) is 5.02 Å². The van der Waals surface area contributed by atoms with E-state index in [9.17, 15) is 4.39 Å². The average Bonchev–Trinajstić information content (AvgIpc) is 2.73. The Hall–Kier alpha value is -1.65. The van der Waals surface area contributed by atoms with E-state index in [0.29, 0.717) is 9.79 Å². The zero-order valence-electron chi connectivity index (χ0n) is 10.7. The molecule has 1 unspecified atom stereocenters. The number of aromatic nitrogens is 2. The lowest BCUT2D eigenvalue weighted by Gasteiger charge is -2.15. The molecule has 2 nitrogen and oxygen atoms in total. The van der Waals surface area contributed by atoms with Crippen molar-refractivity contribution >= 4 is 34.9 Å². The molecule has 0 amide bonds. The zero-order valence-corrected chi connectivity index (χ0v) is 12.3. The first-order chi connectivity index (χ1) is 9.56. The molecule has 1 N–H and O–H groups in total. The molecular weight excluding hydrogens is 295 g/mol. The van der Waals surface area contributed by atoms with Crippen LogP contribution in [0, 0.1) is 10.6 Å². The van der Waals surface area contributed by atoms with Gasteiger partial charge in [0.25, 0.3) is 0 Å². The molecule has 102 valence electrons. The highest BCUT2D eigenvalue weighted by Gasteiger charge is 2.13. The van der Waals surface area contributed by atoms with Crippen LogP contribution in [-0.2, 0) is 0 Å². The molecule has 0 aliphatic rings. The molecule has 2 aromatic carbocycles. The Morgan fingerprint density at radius 3 is 2.80 bits per heavy atom. The van der Waals surface area contributed by atoms with E-state index in [4.69, 9.17) is 23.8 Å². The standard InChI is InChI=1S/C15H12ClFN2S/c1-9(10-3-2-4-12(17)7-10)19-14-8-11(16)5-6-13(14)18-15(19)20/h2-9H,1H3,(H,18,20). The fourth-order valence-electron chi connectivity index (χ4n) is 2.39. The second-order valence-electron chi connectivity index (χ2n) is 4.69. The predicted molar refractivity (Wildman–Crippen MR) is 82.3 cm³/mol. The van der Waals surface area contributed by atoms with Gasteiger partial charge in [-0.1, -0.05) is 23.7 Å². The first kappa shape index (κ1) is 13.3. The lowest BCUT2D eigenvalue weighted by atomic mass is 10.1. The van der Waals surface area contributed by atoms with Gasteiger partial charge in [0.15, 0.2) is 4.77 Å². The SMILES string of the molecule is CC(c1cccc(F)c1)n1c(=S)[nH]c2ccc(Cl)cc21. The highest BCUT2D eigenvalue weighted by atomic mass is 35.5. The molecule has 1 heterocycles. The molecule has 0 aliphatic heterocycles. The number of aromatic amines is 1. The van der Waals surface area contributed by atoms with E-state index in [-0.39, 0.29) is 11.9 Å². The summed E-state index contributed by atoms with van der Waals surface area (Å²) in [5, 5.41) is 0.645. The fourth-order valence-corrected chi connectivity index (χ4v) is 2.93. The minimum atomic E-state index is -0.251. The van der Waals surface area contributed by atoms with Crippen molar-refractivity contribution in [3.8, 4) is 0 Å². The largest absolute Gasteiger partial charge is 0.331 e. The van der Waals surface area contributed by atoms with Gasteiger partial charge in [-0.15, -0.1) is 0 Å². The van der Waals surface area contributed by atoms with E-state index in [0.717, 1.165) is 16.6 Å². The van der Waals surface area contributed by atoms with Crippen LogP contribution in [0.3, 0.4) is 0 Å². The third kappa shape index (κ3) is 2.25. The topological polar surface area (TPSA) is 20.7 Å². The summed E-state index contributed by atoms with van der Waals surface area (Å²) >= 11 is 11.4. The third-order valence-electron chi connectivity index (χ3n) is 3.40. The van der Waals surface area contributed by atoms with Gasteiger partial charge in [-0.05, 0) is 55.0 Å². The van der Waals surface area contributed by atoms with Crippen LogP contribution >= 0.6 is 23.8 Å². The van der Waals surface area contributed by atoms with E-state index in [1.165, 1.54) is 12.1 Å². The maximum Gasteiger partial charge on any atom is 0.178 e. The van der Waals surface area contributed by atoms with Crippen LogP contribution in [0.4, 0.5) is 4.39 Å². The first-order valence-corrected chi connectivity index (χ1v) is 7.00. The Morgan fingerprint density at radius 1 is 1.25 bits per heavy atom. The van der Waals surface area contributed by atoms with Gasteiger partial charge in [0.05, 0.1) is 17.1 Å². The summed E-state index contributed by atoms with van der Waals surface area (Å²) in [6, 6.07) is 12.0. The molecule has 0 fully saturated rings. The Balaban J connectivity index is 2.21. The maximum absolute atomic E-state index is 13.4. The smallest absolute Gasteiger partial charge is 0.178 e. The van der Waals surface area contributed by atoms with Crippen LogP contribution in [0.25, 0.3) is 11.0 Å². The number of benzene rings is 2. The quantitative estimate of drug-likeness (QED) is 0.653. The van der Waals surface area contributed by atoms with E-state index in [1.807, 2.05) is 35.8 Å². The number of nitrogens with zero attached hydrogens (tertiary/aromatic N) is 1. The molecule has 0 bridgehead atoms. The summed E-state index contributed by atoms with van der Waals surface area (Å²) in [5.74, 6) is -0.251. The summed E-state index contributed by atoms with van der Waals surface area (Å²) in [4.78, 5) is 3.14. The molecule has 0 radical (unpaired) electrons. The number of imidazole rings is 1. The Kier molecular flexibility index (Phi) is 3.36. The van der Waals surface area contributed by atoms with Gasteiger partial charge in [-0.2, -0.15) is 0 Å². The summed E-state index contributed by atoms with van der Waals surface area (Å²) in [6.07, 6.45) is 0. The van der Waals surface area contributed by atoms with E-state index < -0.39 is 0 Å². The van der Waals surface area contributed by atoms with Crippen LogP contribution in [0.5, 0.6) is 0 Å². The summed E-state index contributed by atoms with van der Waals surface area (Å²) in [7, 11) is 0. The second-order valence-corrected chi connectivity index (χ2v) is 5.52. The number of rotatable bonds is 2. The van der Waals surface area contributed by atoms with Gasteiger partial charge in [0, 0.05) is 5.02 Å². The fraction of sp³-hybridized carbons (Fsp3) is 0.133. The van der Waals surface area contributed by atoms with Gasteiger partial charge in [-0.25, -0.2) is 4.39 Å². The van der Waals surface area contributed by atoms with Crippen molar-refractivity contribution < 1.29 is 4.39 Å². The van der Waals surface area contributed by atoms with E-state index in [1.54, 1.807) is 6.07 Å². The number of hydrogen-bond donors (Lipinski definition) is 1. The lowest BCUT2D eigenvalue weighted by molar-refractivity contribution is 0.608. The minimum Gasteiger partial charge on any atom is -0.331 e. The number of nitrogens with one attached hydrogen (secondary N) is 1. The van der Waals surface area contributed by atoms with Crippen molar-refractivity contribution in [1.29, 1.82) is 0 Å². The monoisotopic (exact) mass is 306 g/mol. The zero-order chi connectivity index (χ0) is 14.3. The molecule has 0 saturated heterocycles. The molecule has 3 rings (SSSR count). The molecule has 3 aromatic rings. The second kappa shape index (κ2) is 5.04. The molecule has 0 spiro atoms. The summed E-state index contributed by atoms with van der Waals surface area (Å²) in [5.41, 5.74) is 2.70. The van der Waals surface area contributed by atoms with E-state index >= 15 is 0 Å². The van der Waals surface area contributed by atoms with Gasteiger partial charge in [-0.3, -0.25) is 0 Å². The highest BCUT2D eigenvalue weighted by molar-refractivity contribution is 7.71. The molecule has 0 aliphatic carbocycles. The van der Waals surface area contributed by atoms with Gasteiger partial charge < -0.3 is 9.55 Å². The molecule has 20 heavy (non-hydrogen) atoms. The molecule has 1 aromatic heterocycles. The maximum atomic E-state index is 13.4. The lowest BCUT2D eigenvalue weighted by Crippen LogP contribution is -2.07. The van der Waals surface area contributed by atoms with Crippen molar-refractivity contribution in [2.45, 2.75) is 13.0 Å². The van der Waals surface area contributed by atoms with Crippen molar-refractivity contribution in [2.24, 2.45) is 0 Å². The Labute approximate surface area is 125 Å². The number of halogens is 2. The van der Waals surface area contributed by atoms with Crippen molar-refractivity contribution in [3.05, 3.63) is 63.6 Å². The number of fused-ring (bicyclic) bond motifs is 1. The Bertz CT molecular complexity index is 837. The minimum absolute atomic E-state index is 0.0783. The van der Waals surface area contributed by atoms with Crippen molar-refractivity contribution in [1.82, 2.24) is 9.55 Å². The van der Waals surface area contributed by atoms with Crippen LogP contribution in [0.1, 0.15) is 18.5 Å². The number of hydrogen-bond acceptors (Lipinski definition) is 1. The van der Waals surface area contributed by atoms with Crippen LogP contribution in [-0.4, -0.2) is 9.55 Å². The van der Waals surface area contributed by atoms with Gasteiger partial charge >= 0.3 is 0 Å². The van der Waals surface area contributed by atoms with Crippen LogP contribution in [0.15, 0.2) is 42.5 Å². The molecule has 1 atom stereocenters. The average molecular weight is 307 g/mol. The van der Waals surface area contributed by atoms with Gasteiger partial charge in [0.1, 0.15) is 5.82 Å². The number of H-pyrrole nitrogens is 1. The van der Waals surface area contributed by atoms with Crippen molar-refractivity contribution in [2.75, 3.05) is 0 Å². The highest BCUT2D eigenvalue weighted by Crippen LogP contribution is 2.26. The predicted octanol–water partition coefficient (Wildman–Crippen LogP) is 5.10. The third-order valence-corrected chi connectivity index (χ3v) is 3.93. The summed E-state index contributed by atoms with van der Waals surface area (Å²) in [6.45, 7) is 1.98. The summed E-state index contributed by atoms with van der Waals surface area (Å²) < 4.78 is 15.9. The molecular formula is C15H12ClFN2S. The van der Waals surface area contributed by atoms with Gasteiger partial charge in [0.2, 0.25) is 0 Å². The van der Waals surface area contributed by atoms with Crippen LogP contribution < -0.4 is 0 Å².